The molecule has 6 rings (SSSR count). The minimum Gasteiger partial charge on any atom is -0.130 e. The minimum atomic E-state index is -4.38. The third-order valence-electron chi connectivity index (χ3n) is 8.94. The van der Waals surface area contributed by atoms with Crippen LogP contribution in [0.4, 0.5) is 26.3 Å². The first-order chi connectivity index (χ1) is 21.8. The first kappa shape index (κ1) is 34.7. The van der Waals surface area contributed by atoms with Gasteiger partial charge in [0.25, 0.3) is 0 Å². The molecule has 4 aromatic carbocycles. The molecule has 0 aliphatic heterocycles. The molecule has 0 spiro atoms. The van der Waals surface area contributed by atoms with E-state index in [0.29, 0.717) is 7.25 Å². The van der Waals surface area contributed by atoms with Crippen molar-refractivity contribution in [1.82, 2.24) is 0 Å². The molecule has 0 aromatic heterocycles. The monoisotopic (exact) mass is 745 g/mol. The van der Waals surface area contributed by atoms with E-state index in [0.717, 1.165) is 57.6 Å². The molecule has 0 bridgehead atoms. The average Bonchev–Trinajstić information content (AvgIpc) is 3.53. The number of hydrogen-bond donors (Lipinski definition) is 0. The molecule has 2 atom stereocenters. The number of hydrogen-bond acceptors (Lipinski definition) is 0. The second-order valence-corrected chi connectivity index (χ2v) is 32.1. The zero-order valence-electron chi connectivity index (χ0n) is 26.1. The average molecular weight is 747 g/mol. The molecule has 0 saturated heterocycles. The van der Waals surface area contributed by atoms with E-state index in [9.17, 15) is 26.3 Å². The van der Waals surface area contributed by atoms with Crippen LogP contribution in [0.15, 0.2) is 96.1 Å². The second kappa shape index (κ2) is 13.4. The summed E-state index contributed by atoms with van der Waals surface area (Å²) in [6.07, 6.45) is -2.79. The van der Waals surface area contributed by atoms with Crippen LogP contribution in [-0.4, -0.2) is 12.3 Å². The number of rotatable bonds is 5. The Morgan fingerprint density at radius 2 is 0.913 bits per heavy atom. The molecule has 0 heterocycles. The smallest absolute Gasteiger partial charge is 0.0108 e. The summed E-state index contributed by atoms with van der Waals surface area (Å²) in [6.45, 7) is 9.30. The molecule has 2 aliphatic rings. The molecule has 2 unspecified atom stereocenters. The van der Waals surface area contributed by atoms with Gasteiger partial charge in [-0.25, -0.2) is 0 Å². The summed E-state index contributed by atoms with van der Waals surface area (Å²) in [6, 6.07) is 23.3. The maximum absolute atomic E-state index is 13.2. The van der Waals surface area contributed by atoms with Gasteiger partial charge in [-0.2, -0.15) is 0 Å². The van der Waals surface area contributed by atoms with Gasteiger partial charge < -0.3 is 0 Å². The van der Waals surface area contributed by atoms with Gasteiger partial charge >= 0.3 is 264 Å². The molecule has 0 nitrogen and oxygen atoms in total. The van der Waals surface area contributed by atoms with Crippen molar-refractivity contribution in [3.63, 3.8) is 0 Å². The van der Waals surface area contributed by atoms with E-state index >= 15 is 0 Å². The zero-order chi connectivity index (χ0) is 33.6. The van der Waals surface area contributed by atoms with Gasteiger partial charge in [0, 0.05) is 6.38 Å². The van der Waals surface area contributed by atoms with E-state index in [2.05, 4.69) is 62.8 Å². The van der Waals surface area contributed by atoms with Gasteiger partial charge in [0.05, 0.1) is 0 Å². The molecule has 0 radical (unpaired) electrons. The largest absolute Gasteiger partial charge is 0.130 e. The summed E-state index contributed by atoms with van der Waals surface area (Å²) in [5.41, 5.74) is 9.60. The van der Waals surface area contributed by atoms with Crippen LogP contribution >= 0.6 is 11.6 Å². The first-order valence-electron chi connectivity index (χ1n) is 15.0. The third-order valence-corrected chi connectivity index (χ3v) is 31.1. The number of halogens is 7. The summed E-state index contributed by atoms with van der Waals surface area (Å²) < 4.78 is 80.1. The van der Waals surface area contributed by atoms with E-state index in [1.807, 2.05) is 24.3 Å². The van der Waals surface area contributed by atoms with Gasteiger partial charge in [0.15, 0.2) is 0 Å². The summed E-state index contributed by atoms with van der Waals surface area (Å²) in [4.78, 5) is 0. The fraction of sp³-hybridized carbons (Fsp3) is 0.243. The molecule has 46 heavy (non-hydrogen) atoms. The van der Waals surface area contributed by atoms with Gasteiger partial charge in [-0.15, -0.1) is 11.6 Å². The molecule has 0 amide bonds. The topological polar surface area (TPSA) is 0 Å². The van der Waals surface area contributed by atoms with Crippen LogP contribution in [0, 0.1) is 0 Å². The molecule has 239 valence electrons. The van der Waals surface area contributed by atoms with Crippen molar-refractivity contribution >= 4 is 29.7 Å². The third kappa shape index (κ3) is 6.55. The Morgan fingerprint density at radius 1 is 0.565 bits per heavy atom. The van der Waals surface area contributed by atoms with Crippen molar-refractivity contribution < 1.29 is 47.3 Å². The van der Waals surface area contributed by atoms with Crippen molar-refractivity contribution in [3.05, 3.63) is 129 Å². The Morgan fingerprint density at radius 3 is 1.22 bits per heavy atom. The summed E-state index contributed by atoms with van der Waals surface area (Å²) in [7, 11) is 0. The fourth-order valence-corrected chi connectivity index (χ4v) is 30.2. The maximum Gasteiger partial charge on any atom is 0.0108 e. The van der Waals surface area contributed by atoms with Crippen LogP contribution in [0.3, 0.4) is 0 Å². The van der Waals surface area contributed by atoms with Crippen molar-refractivity contribution in [2.75, 3.05) is 6.38 Å². The normalized spacial score (nSPS) is 17.2. The minimum absolute atomic E-state index is 0.350. The van der Waals surface area contributed by atoms with E-state index in [1.165, 1.54) is 28.7 Å². The zero-order valence-corrected chi connectivity index (χ0v) is 30.5. The number of alkyl halides is 7. The standard InChI is InChI=1S/2C17H12F3.C2H7Si.CH3Cl.Zr/c2*1-11-9-13-3-2-4-15(16(13)10-11)12-5-7-14(8-6-12)17(18,19)20;1-3-2;1-2;/h2*2-10H,1H3;3H,1-2H3;1H3;. The van der Waals surface area contributed by atoms with Crippen molar-refractivity contribution in [1.29, 1.82) is 0 Å². The van der Waals surface area contributed by atoms with Gasteiger partial charge in [-0.05, 0) is 0 Å². The van der Waals surface area contributed by atoms with Crippen molar-refractivity contribution in [2.24, 2.45) is 0 Å². The van der Waals surface area contributed by atoms with Crippen LogP contribution in [0.2, 0.25) is 13.1 Å². The molecule has 9 heteroatoms. The Balaban J connectivity index is 0.00000204. The Kier molecular flexibility index (Phi) is 10.1. The number of benzene rings is 4. The van der Waals surface area contributed by atoms with Crippen LogP contribution < -0.4 is 0 Å². The summed E-state index contributed by atoms with van der Waals surface area (Å²) >= 11 is 2.26. The predicted octanol–water partition coefficient (Wildman–Crippen LogP) is 12.1. The fourth-order valence-electron chi connectivity index (χ4n) is 7.00. The van der Waals surface area contributed by atoms with E-state index < -0.39 is 50.3 Å². The Labute approximate surface area is 280 Å². The van der Waals surface area contributed by atoms with Crippen molar-refractivity contribution in [2.45, 2.75) is 46.5 Å². The quantitative estimate of drug-likeness (QED) is 0.108. The summed E-state index contributed by atoms with van der Waals surface area (Å²) in [5, 5.41) is 0. The van der Waals surface area contributed by atoms with E-state index in [4.69, 9.17) is 0 Å². The van der Waals surface area contributed by atoms with Crippen LogP contribution in [-0.2, 0) is 33.3 Å². The van der Waals surface area contributed by atoms with Gasteiger partial charge in [0.2, 0.25) is 0 Å². The van der Waals surface area contributed by atoms with Crippen LogP contribution in [0.5, 0.6) is 0 Å². The molecule has 0 saturated carbocycles. The number of fused-ring (bicyclic) bond motifs is 2. The summed E-state index contributed by atoms with van der Waals surface area (Å²) in [5.74, 6) is -1.15. The van der Waals surface area contributed by atoms with Crippen LogP contribution in [0.1, 0.15) is 54.5 Å². The van der Waals surface area contributed by atoms with Crippen LogP contribution in [0.25, 0.3) is 34.4 Å². The van der Waals surface area contributed by atoms with Gasteiger partial charge in [0.1, 0.15) is 0 Å². The van der Waals surface area contributed by atoms with Crippen molar-refractivity contribution in [3.8, 4) is 22.3 Å². The molecule has 4 aromatic rings. The second-order valence-electron chi connectivity index (χ2n) is 12.1. The van der Waals surface area contributed by atoms with E-state index in [-0.39, 0.29) is 0 Å². The van der Waals surface area contributed by atoms with Gasteiger partial charge in [-0.1, -0.05) is 0 Å². The van der Waals surface area contributed by atoms with Gasteiger partial charge in [-0.3, -0.25) is 0 Å². The Hall–Kier alpha value is -2.67. The molecular formula is C37H34ClF6SiZr. The molecule has 0 N–H and O–H groups in total. The maximum atomic E-state index is 13.2. The number of allylic oxidation sites excluding steroid dienone is 2. The SMILES string of the molecule is CC1=Cc2c(-c3ccc(C(F)(F)F)cc3)cccc2[CH]1[Zr]([CH]1C(C)=Cc2c(-c3ccc(C(F)(F)F)cc3)cccc21)[SiH](C)C.CCl. The molecule has 0 fully saturated rings. The van der Waals surface area contributed by atoms with E-state index in [1.54, 1.807) is 24.3 Å². The predicted molar refractivity (Wildman–Crippen MR) is 177 cm³/mol. The molecular weight excluding hydrogens is 713 g/mol. The molecule has 2 aliphatic carbocycles. The first-order valence-corrected chi connectivity index (χ1v) is 25.7. The Bertz CT molecular complexity index is 1660.